The predicted octanol–water partition coefficient (Wildman–Crippen LogP) is 3.29. The lowest BCUT2D eigenvalue weighted by molar-refractivity contribution is 0.263. The van der Waals surface area contributed by atoms with E-state index in [4.69, 9.17) is 4.99 Å². The highest BCUT2D eigenvalue weighted by molar-refractivity contribution is 14.0. The zero-order valence-electron chi connectivity index (χ0n) is 15.5. The SMILES string of the molecule is CCNC(=NCCN1CCc2sccc2C1)NCCc1csc(C)n1.I. The van der Waals surface area contributed by atoms with Gasteiger partial charge in [0, 0.05) is 49.4 Å². The summed E-state index contributed by atoms with van der Waals surface area (Å²) >= 11 is 3.60. The molecule has 3 heterocycles. The molecular formula is C18H28IN5S2. The van der Waals surface area contributed by atoms with Crippen LogP contribution in [0.25, 0.3) is 0 Å². The van der Waals surface area contributed by atoms with Gasteiger partial charge in [0.1, 0.15) is 0 Å². The second kappa shape index (κ2) is 11.2. The molecule has 2 N–H and O–H groups in total. The van der Waals surface area contributed by atoms with E-state index in [1.165, 1.54) is 12.0 Å². The molecule has 8 heteroatoms. The Hall–Kier alpha value is -0.710. The summed E-state index contributed by atoms with van der Waals surface area (Å²) in [7, 11) is 0. The van der Waals surface area contributed by atoms with Crippen LogP contribution < -0.4 is 10.6 Å². The number of nitrogens with zero attached hydrogens (tertiary/aromatic N) is 3. The van der Waals surface area contributed by atoms with Gasteiger partial charge in [0.25, 0.3) is 0 Å². The van der Waals surface area contributed by atoms with Gasteiger partial charge >= 0.3 is 0 Å². The smallest absolute Gasteiger partial charge is 0.191 e. The summed E-state index contributed by atoms with van der Waals surface area (Å²) in [5, 5.41) is 12.2. The third-order valence-corrected chi connectivity index (χ3v) is 6.10. The number of fused-ring (bicyclic) bond motifs is 1. The average molecular weight is 505 g/mol. The molecule has 0 saturated heterocycles. The van der Waals surface area contributed by atoms with Gasteiger partial charge in [-0.15, -0.1) is 46.7 Å². The minimum Gasteiger partial charge on any atom is -0.357 e. The van der Waals surface area contributed by atoms with Crippen LogP contribution in [-0.2, 0) is 19.4 Å². The highest BCUT2D eigenvalue weighted by Gasteiger charge is 2.16. The Kier molecular flexibility index (Phi) is 9.30. The quantitative estimate of drug-likeness (QED) is 0.345. The van der Waals surface area contributed by atoms with Crippen molar-refractivity contribution in [2.45, 2.75) is 33.2 Å². The van der Waals surface area contributed by atoms with Gasteiger partial charge in [-0.05, 0) is 37.3 Å². The summed E-state index contributed by atoms with van der Waals surface area (Å²) in [4.78, 5) is 13.3. The van der Waals surface area contributed by atoms with Crippen LogP contribution in [-0.4, -0.2) is 48.6 Å². The minimum absolute atomic E-state index is 0. The molecule has 0 unspecified atom stereocenters. The van der Waals surface area contributed by atoms with Crippen molar-refractivity contribution in [3.8, 4) is 0 Å². The Balaban J connectivity index is 0.00000243. The number of guanidine groups is 1. The minimum atomic E-state index is 0. The zero-order valence-corrected chi connectivity index (χ0v) is 19.4. The molecule has 3 rings (SSSR count). The van der Waals surface area contributed by atoms with Crippen LogP contribution in [0.1, 0.15) is 28.1 Å². The number of thiophene rings is 1. The summed E-state index contributed by atoms with van der Waals surface area (Å²) in [5.74, 6) is 0.905. The Bertz CT molecular complexity index is 697. The molecule has 0 fully saturated rings. The number of aryl methyl sites for hydroxylation is 1. The molecule has 0 saturated carbocycles. The summed E-state index contributed by atoms with van der Waals surface area (Å²) in [6.07, 6.45) is 2.11. The van der Waals surface area contributed by atoms with Crippen molar-refractivity contribution in [1.82, 2.24) is 20.5 Å². The first-order chi connectivity index (χ1) is 12.2. The Morgan fingerprint density at radius 1 is 1.35 bits per heavy atom. The molecule has 0 aliphatic carbocycles. The second-order valence-electron chi connectivity index (χ2n) is 6.19. The van der Waals surface area contributed by atoms with E-state index in [1.54, 1.807) is 16.2 Å². The lowest BCUT2D eigenvalue weighted by Gasteiger charge is -2.26. The molecule has 0 amide bonds. The molecule has 1 aliphatic rings. The highest BCUT2D eigenvalue weighted by atomic mass is 127. The molecule has 1 aliphatic heterocycles. The molecular weight excluding hydrogens is 477 g/mol. The maximum absolute atomic E-state index is 4.73. The summed E-state index contributed by atoms with van der Waals surface area (Å²) in [5.41, 5.74) is 2.66. The van der Waals surface area contributed by atoms with Crippen molar-refractivity contribution in [2.24, 2.45) is 4.99 Å². The molecule has 0 radical (unpaired) electrons. The summed E-state index contributed by atoms with van der Waals surface area (Å²) in [6.45, 7) is 9.94. The van der Waals surface area contributed by atoms with Crippen molar-refractivity contribution in [3.63, 3.8) is 0 Å². The lowest BCUT2D eigenvalue weighted by Crippen LogP contribution is -2.39. The zero-order chi connectivity index (χ0) is 17.5. The van der Waals surface area contributed by atoms with Gasteiger partial charge in [-0.3, -0.25) is 9.89 Å². The van der Waals surface area contributed by atoms with Crippen LogP contribution in [0.5, 0.6) is 0 Å². The van der Waals surface area contributed by atoms with E-state index < -0.39 is 0 Å². The van der Waals surface area contributed by atoms with Gasteiger partial charge in [-0.1, -0.05) is 0 Å². The molecule has 2 aromatic rings. The first-order valence-electron chi connectivity index (χ1n) is 8.95. The van der Waals surface area contributed by atoms with E-state index in [9.17, 15) is 0 Å². The standard InChI is InChI=1S/C18H27N5S2.HI/c1-3-19-18(20-7-4-16-13-25-14(2)22-16)21-8-10-23-9-5-17-15(12-23)6-11-24-17;/h6,11,13H,3-5,7-10,12H2,1-2H3,(H2,19,20,21);1H. The van der Waals surface area contributed by atoms with E-state index in [0.29, 0.717) is 0 Å². The van der Waals surface area contributed by atoms with Gasteiger partial charge in [0.15, 0.2) is 5.96 Å². The van der Waals surface area contributed by atoms with Crippen LogP contribution >= 0.6 is 46.7 Å². The number of aromatic nitrogens is 1. The molecule has 0 bridgehead atoms. The van der Waals surface area contributed by atoms with Gasteiger partial charge in [-0.2, -0.15) is 0 Å². The van der Waals surface area contributed by atoms with Gasteiger partial charge in [0.05, 0.1) is 17.2 Å². The number of aliphatic imine (C=N–C) groups is 1. The largest absolute Gasteiger partial charge is 0.357 e. The number of halogens is 1. The molecule has 0 spiro atoms. The van der Waals surface area contributed by atoms with Crippen molar-refractivity contribution < 1.29 is 0 Å². The third-order valence-electron chi connectivity index (χ3n) is 4.26. The van der Waals surface area contributed by atoms with Gasteiger partial charge in [0.2, 0.25) is 0 Å². The van der Waals surface area contributed by atoms with Crippen molar-refractivity contribution in [2.75, 3.05) is 32.7 Å². The molecule has 2 aromatic heterocycles. The molecule has 144 valence electrons. The van der Waals surface area contributed by atoms with Crippen LogP contribution in [0, 0.1) is 6.92 Å². The molecule has 26 heavy (non-hydrogen) atoms. The molecule has 0 atom stereocenters. The highest BCUT2D eigenvalue weighted by Crippen LogP contribution is 2.23. The molecule has 0 aromatic carbocycles. The first-order valence-corrected chi connectivity index (χ1v) is 10.7. The summed E-state index contributed by atoms with van der Waals surface area (Å²) in [6, 6.07) is 2.27. The number of nitrogens with one attached hydrogen (secondary N) is 2. The molecule has 5 nitrogen and oxygen atoms in total. The third kappa shape index (κ3) is 6.47. The fraction of sp³-hybridized carbons (Fsp3) is 0.556. The van der Waals surface area contributed by atoms with Crippen LogP contribution in [0.3, 0.4) is 0 Å². The van der Waals surface area contributed by atoms with E-state index >= 15 is 0 Å². The van der Waals surface area contributed by atoms with Crippen molar-refractivity contribution in [1.29, 1.82) is 0 Å². The lowest BCUT2D eigenvalue weighted by atomic mass is 10.1. The fourth-order valence-electron chi connectivity index (χ4n) is 2.97. The van der Waals surface area contributed by atoms with E-state index in [1.807, 2.05) is 18.3 Å². The van der Waals surface area contributed by atoms with Gasteiger partial charge < -0.3 is 10.6 Å². The fourth-order valence-corrected chi connectivity index (χ4v) is 4.51. The normalized spacial score (nSPS) is 14.6. The Labute approximate surface area is 181 Å². The van der Waals surface area contributed by atoms with Gasteiger partial charge in [-0.25, -0.2) is 4.98 Å². The van der Waals surface area contributed by atoms with E-state index in [0.717, 1.165) is 62.4 Å². The second-order valence-corrected chi connectivity index (χ2v) is 8.25. The van der Waals surface area contributed by atoms with E-state index in [2.05, 4.69) is 44.3 Å². The number of hydrogen-bond donors (Lipinski definition) is 2. The first kappa shape index (κ1) is 21.6. The number of hydrogen-bond acceptors (Lipinski definition) is 5. The maximum atomic E-state index is 4.73. The average Bonchev–Trinajstić information content (AvgIpc) is 3.23. The van der Waals surface area contributed by atoms with Crippen molar-refractivity contribution in [3.05, 3.63) is 38.0 Å². The monoisotopic (exact) mass is 505 g/mol. The van der Waals surface area contributed by atoms with Crippen LogP contribution in [0.2, 0.25) is 0 Å². The Morgan fingerprint density at radius 3 is 3.00 bits per heavy atom. The maximum Gasteiger partial charge on any atom is 0.191 e. The Morgan fingerprint density at radius 2 is 2.23 bits per heavy atom. The van der Waals surface area contributed by atoms with Crippen LogP contribution in [0.4, 0.5) is 0 Å². The predicted molar refractivity (Wildman–Crippen MR) is 123 cm³/mol. The van der Waals surface area contributed by atoms with Crippen molar-refractivity contribution >= 4 is 52.6 Å². The number of rotatable bonds is 7. The topological polar surface area (TPSA) is 52.6 Å². The number of thiazole rings is 1. The summed E-state index contributed by atoms with van der Waals surface area (Å²) < 4.78 is 0. The van der Waals surface area contributed by atoms with E-state index in [-0.39, 0.29) is 24.0 Å². The van der Waals surface area contributed by atoms with Crippen LogP contribution in [0.15, 0.2) is 21.8 Å².